The molecule has 2 aliphatic rings. The lowest BCUT2D eigenvalue weighted by atomic mass is 9.82. The van der Waals surface area contributed by atoms with Crippen molar-refractivity contribution in [3.8, 4) is 34.5 Å². The maximum Gasteiger partial charge on any atom is 0.277 e. The predicted molar refractivity (Wildman–Crippen MR) is 324 cm³/mol. The molecule has 0 aliphatic carbocycles. The van der Waals surface area contributed by atoms with E-state index in [4.69, 9.17) is 28.4 Å². The van der Waals surface area contributed by atoms with E-state index in [2.05, 4.69) is 0 Å². The highest BCUT2D eigenvalue weighted by atomic mass is 32.2. The Morgan fingerprint density at radius 1 is 0.407 bits per heavy atom. The summed E-state index contributed by atoms with van der Waals surface area (Å²) < 4.78 is 34.5. The topological polar surface area (TPSA) is 269 Å². The number of carbonyl (C=O) groups is 2. The minimum absolute atomic E-state index is 0.167. The molecule has 0 unspecified atom stereocenters. The first-order chi connectivity index (χ1) is 41.5. The first kappa shape index (κ1) is 60.4. The molecule has 440 valence electrons. The van der Waals surface area contributed by atoms with Crippen LogP contribution in [0, 0.1) is 40.5 Å². The lowest BCUT2D eigenvalue weighted by Crippen LogP contribution is -2.44. The molecule has 0 saturated heterocycles. The van der Waals surface area contributed by atoms with Crippen molar-refractivity contribution in [2.24, 2.45) is 0 Å². The number of thioether (sulfide) groups is 2. The Bertz CT molecular complexity index is 3550. The van der Waals surface area contributed by atoms with Crippen molar-refractivity contribution in [3.05, 3.63) is 244 Å². The number of hydrogen-bond donors (Lipinski definition) is 0. The van der Waals surface area contributed by atoms with E-state index in [1.165, 1.54) is 52.5 Å². The van der Waals surface area contributed by atoms with E-state index in [9.17, 15) is 50.0 Å². The van der Waals surface area contributed by atoms with Crippen LogP contribution < -0.4 is 38.2 Å². The number of non-ortho nitro benzene ring substituents is 4. The second kappa shape index (κ2) is 26.6. The molecule has 10 rings (SSSR count). The van der Waals surface area contributed by atoms with Crippen molar-refractivity contribution in [3.63, 3.8) is 0 Å². The van der Waals surface area contributed by atoms with Gasteiger partial charge in [-0.15, -0.1) is 23.5 Å². The van der Waals surface area contributed by atoms with Gasteiger partial charge in [0.15, 0.2) is 23.0 Å². The Hall–Kier alpha value is -10.2. The van der Waals surface area contributed by atoms with Crippen LogP contribution in [0.3, 0.4) is 0 Å². The molecule has 8 aromatic carbocycles. The number of carbonyl (C=O) groups excluding carboxylic acids is 2. The fourth-order valence-corrected chi connectivity index (χ4v) is 13.3. The molecule has 8 aromatic rings. The van der Waals surface area contributed by atoms with Crippen LogP contribution in [-0.4, -0.2) is 97.8 Å². The van der Waals surface area contributed by atoms with Crippen LogP contribution in [0.2, 0.25) is 0 Å². The normalized spacial score (nSPS) is 15.7. The predicted octanol–water partition coefficient (Wildman–Crippen LogP) is 13.0. The monoisotopic (exact) mass is 1200 g/mol. The Labute approximate surface area is 500 Å². The number of amides is 2. The first-order valence-corrected chi connectivity index (χ1v) is 28.0. The van der Waals surface area contributed by atoms with E-state index in [1.54, 1.807) is 35.7 Å². The van der Waals surface area contributed by atoms with E-state index >= 15 is 0 Å². The molecule has 0 bridgehead atoms. The standard InChI is InChI=1S/2C31H27N3O8S/c2*1-40-25-17-24-28(30(42-3)29(25)41-2)27(19-10-6-4-7-11-19)26(43-23-12-8-5-9-13-23)18-32(24)31(35)20-14-21(33(36)37)16-22(15-20)34(38)39/h2*4-17,26-27H,18H2,1-3H3/t2*26-,27+/m11/s1. The van der Waals surface area contributed by atoms with Crippen molar-refractivity contribution in [1.82, 2.24) is 0 Å². The number of benzene rings is 8. The molecule has 86 heavy (non-hydrogen) atoms. The molecule has 0 N–H and O–H groups in total. The summed E-state index contributed by atoms with van der Waals surface area (Å²) in [5.74, 6) is 0.156. The smallest absolute Gasteiger partial charge is 0.277 e. The third-order valence-electron chi connectivity index (χ3n) is 14.4. The highest BCUT2D eigenvalue weighted by Gasteiger charge is 2.44. The second-order valence-corrected chi connectivity index (χ2v) is 21.8. The second-order valence-electron chi connectivity index (χ2n) is 19.2. The van der Waals surface area contributed by atoms with Gasteiger partial charge in [-0.05, 0) is 35.4 Å². The molecule has 0 fully saturated rings. The number of nitrogens with zero attached hydrogens (tertiary/aromatic N) is 6. The number of methoxy groups -OCH3 is 6. The SMILES string of the molecule is COc1cc2c(c(OC)c1OC)[C@@H](c1ccccc1)[C@H](Sc1ccccc1)CN2C(=O)c1cc([N+](=O)[O-])cc([N+](=O)[O-])c1.COc1cc2c(c(OC)c1OC)[C@@H](c1ccccc1)[C@H](Sc1ccccc1)CN2C(=O)c1cc([N+](=O)[O-])cc([N+](=O)[O-])c1. The summed E-state index contributed by atoms with van der Waals surface area (Å²) in [7, 11) is 8.92. The molecule has 24 heteroatoms. The minimum Gasteiger partial charge on any atom is -0.493 e. The highest BCUT2D eigenvalue weighted by Crippen LogP contribution is 2.57. The van der Waals surface area contributed by atoms with Crippen LogP contribution in [-0.2, 0) is 0 Å². The van der Waals surface area contributed by atoms with Crippen LogP contribution in [0.1, 0.15) is 54.8 Å². The minimum atomic E-state index is -0.760. The molecule has 2 heterocycles. The fourth-order valence-electron chi connectivity index (χ4n) is 10.7. The van der Waals surface area contributed by atoms with E-state index < -0.39 is 54.3 Å². The summed E-state index contributed by atoms with van der Waals surface area (Å²) in [5.41, 5.74) is 1.51. The summed E-state index contributed by atoms with van der Waals surface area (Å²) in [5, 5.41) is 46.0. The zero-order valence-corrected chi connectivity index (χ0v) is 48.6. The zero-order valence-electron chi connectivity index (χ0n) is 46.9. The average Bonchev–Trinajstić information content (AvgIpc) is 0.813. The third-order valence-corrected chi connectivity index (χ3v) is 16.9. The zero-order chi connectivity index (χ0) is 61.3. The number of fused-ring (bicyclic) bond motifs is 2. The molecular weight excluding hydrogens is 1150 g/mol. The van der Waals surface area contributed by atoms with E-state index in [0.29, 0.717) is 57.0 Å². The van der Waals surface area contributed by atoms with Crippen molar-refractivity contribution in [2.75, 3.05) is 65.5 Å². The first-order valence-electron chi connectivity index (χ1n) is 26.2. The van der Waals surface area contributed by atoms with E-state index in [1.807, 2.05) is 121 Å². The number of rotatable bonds is 18. The summed E-state index contributed by atoms with van der Waals surface area (Å²) in [6.07, 6.45) is 0. The van der Waals surface area contributed by atoms with E-state index in [-0.39, 0.29) is 46.6 Å². The van der Waals surface area contributed by atoms with Crippen molar-refractivity contribution in [1.29, 1.82) is 0 Å². The molecule has 0 radical (unpaired) electrons. The fraction of sp³-hybridized carbons (Fsp3) is 0.194. The molecule has 4 atom stereocenters. The lowest BCUT2D eigenvalue weighted by molar-refractivity contribution is -0.394. The molecule has 2 aliphatic heterocycles. The molecule has 0 aromatic heterocycles. The van der Waals surface area contributed by atoms with Gasteiger partial charge in [0, 0.05) is 92.7 Å². The third kappa shape index (κ3) is 12.4. The van der Waals surface area contributed by atoms with Crippen LogP contribution in [0.15, 0.2) is 180 Å². The number of hydrogen-bond acceptors (Lipinski definition) is 18. The largest absolute Gasteiger partial charge is 0.493 e. The average molecular weight is 1200 g/mol. The number of nitro groups is 4. The van der Waals surface area contributed by atoms with E-state index in [0.717, 1.165) is 57.3 Å². The van der Waals surface area contributed by atoms with Crippen LogP contribution in [0.25, 0.3) is 0 Å². The van der Waals surface area contributed by atoms with Crippen LogP contribution in [0.4, 0.5) is 34.1 Å². The highest BCUT2D eigenvalue weighted by molar-refractivity contribution is 8.00. The van der Waals surface area contributed by atoms with Gasteiger partial charge < -0.3 is 38.2 Å². The Kier molecular flexibility index (Phi) is 18.7. The maximum atomic E-state index is 14.3. The van der Waals surface area contributed by atoms with Gasteiger partial charge in [0.1, 0.15) is 0 Å². The Balaban J connectivity index is 0.000000205. The number of nitro benzene ring substituents is 4. The summed E-state index contributed by atoms with van der Waals surface area (Å²) in [4.78, 5) is 76.9. The quantitative estimate of drug-likeness (QED) is 0.0570. The molecule has 0 saturated carbocycles. The van der Waals surface area contributed by atoms with Crippen LogP contribution >= 0.6 is 23.5 Å². The van der Waals surface area contributed by atoms with Gasteiger partial charge in [0.2, 0.25) is 11.5 Å². The van der Waals surface area contributed by atoms with Crippen molar-refractivity contribution in [2.45, 2.75) is 32.1 Å². The summed E-state index contributed by atoms with van der Waals surface area (Å²) >= 11 is 3.14. The lowest BCUT2D eigenvalue weighted by Gasteiger charge is -2.41. The van der Waals surface area contributed by atoms with Gasteiger partial charge in [-0.2, -0.15) is 0 Å². The van der Waals surface area contributed by atoms with Crippen molar-refractivity contribution >= 4 is 69.5 Å². The van der Waals surface area contributed by atoms with Gasteiger partial charge in [-0.25, -0.2) is 0 Å². The maximum absolute atomic E-state index is 14.3. The summed E-state index contributed by atoms with van der Waals surface area (Å²) in [6, 6.07) is 48.3. The van der Waals surface area contributed by atoms with Gasteiger partial charge in [0.25, 0.3) is 34.6 Å². The van der Waals surface area contributed by atoms with Crippen molar-refractivity contribution < 1.29 is 57.7 Å². The summed E-state index contributed by atoms with van der Waals surface area (Å²) in [6.45, 7) is 0.333. The van der Waals surface area contributed by atoms with Gasteiger partial charge in [-0.3, -0.25) is 50.0 Å². The molecule has 22 nitrogen and oxygen atoms in total. The molecular formula is C62H54N6O16S2. The van der Waals surface area contributed by atoms with Gasteiger partial charge in [-0.1, -0.05) is 97.1 Å². The molecule has 0 spiro atoms. The molecule has 2 amide bonds. The Morgan fingerprint density at radius 2 is 0.698 bits per heavy atom. The van der Waals surface area contributed by atoms with Gasteiger partial charge >= 0.3 is 0 Å². The number of ether oxygens (including phenoxy) is 6. The Morgan fingerprint density at radius 3 is 0.965 bits per heavy atom. The van der Waals surface area contributed by atoms with Gasteiger partial charge in [0.05, 0.1) is 97.0 Å². The van der Waals surface area contributed by atoms with Crippen LogP contribution in [0.5, 0.6) is 34.5 Å². The number of anilines is 2.